The van der Waals surface area contributed by atoms with Crippen molar-refractivity contribution in [3.05, 3.63) is 48.5 Å². The molecule has 1 fully saturated rings. The number of phenols is 1. The minimum atomic E-state index is 0.162. The molecule has 2 heterocycles. The van der Waals surface area contributed by atoms with Crippen LogP contribution in [0.4, 0.5) is 5.82 Å². The summed E-state index contributed by atoms with van der Waals surface area (Å²) in [6.45, 7) is 2.79. The summed E-state index contributed by atoms with van der Waals surface area (Å²) >= 11 is 0. The van der Waals surface area contributed by atoms with E-state index >= 15 is 0 Å². The number of carbonyl (C=O) groups excluding carboxylic acids is 1. The van der Waals surface area contributed by atoms with Gasteiger partial charge in [-0.1, -0.05) is 24.3 Å². The van der Waals surface area contributed by atoms with Gasteiger partial charge in [0.2, 0.25) is 6.41 Å². The van der Waals surface area contributed by atoms with Gasteiger partial charge in [-0.3, -0.25) is 4.79 Å². The van der Waals surface area contributed by atoms with Gasteiger partial charge in [-0.15, -0.1) is 0 Å². The normalized spacial score (nSPS) is 14.7. The fraction of sp³-hybridized carbons (Fsp3) is 0.211. The Hall–Kier alpha value is -3.15. The number of fused-ring (bicyclic) bond motifs is 1. The van der Waals surface area contributed by atoms with E-state index in [9.17, 15) is 9.90 Å². The molecule has 0 saturated carbocycles. The van der Waals surface area contributed by atoms with Crippen LogP contribution in [0, 0.1) is 0 Å². The zero-order chi connectivity index (χ0) is 17.2. The number of aromatic nitrogens is 2. The van der Waals surface area contributed by atoms with Gasteiger partial charge in [-0.05, 0) is 24.3 Å². The van der Waals surface area contributed by atoms with Crippen molar-refractivity contribution in [2.24, 2.45) is 0 Å². The van der Waals surface area contributed by atoms with E-state index in [0.717, 1.165) is 36.2 Å². The molecule has 0 spiro atoms. The zero-order valence-electron chi connectivity index (χ0n) is 13.7. The second-order valence-electron chi connectivity index (χ2n) is 6.03. The number of hydrogen-bond donors (Lipinski definition) is 1. The number of piperazine rings is 1. The van der Waals surface area contributed by atoms with Crippen LogP contribution < -0.4 is 4.90 Å². The molecule has 4 rings (SSSR count). The summed E-state index contributed by atoms with van der Waals surface area (Å²) in [4.78, 5) is 24.3. The first kappa shape index (κ1) is 15.4. The SMILES string of the molecule is O=CN1CCN(c2nc(-c3ccccc3O)nc3ccccc23)CC1. The Morgan fingerprint density at radius 2 is 1.64 bits per heavy atom. The molecule has 1 N–H and O–H groups in total. The zero-order valence-corrected chi connectivity index (χ0v) is 13.7. The van der Waals surface area contributed by atoms with Crippen molar-refractivity contribution >= 4 is 23.1 Å². The van der Waals surface area contributed by atoms with E-state index in [4.69, 9.17) is 4.98 Å². The number of aromatic hydroxyl groups is 1. The maximum Gasteiger partial charge on any atom is 0.209 e. The molecular weight excluding hydrogens is 316 g/mol. The van der Waals surface area contributed by atoms with E-state index in [0.29, 0.717) is 24.5 Å². The Balaban J connectivity index is 1.82. The van der Waals surface area contributed by atoms with Crippen molar-refractivity contribution in [1.29, 1.82) is 0 Å². The average molecular weight is 334 g/mol. The number of phenolic OH excluding ortho intramolecular Hbond substituents is 1. The molecule has 25 heavy (non-hydrogen) atoms. The van der Waals surface area contributed by atoms with Gasteiger partial charge in [-0.25, -0.2) is 9.97 Å². The number of nitrogens with zero attached hydrogens (tertiary/aromatic N) is 4. The lowest BCUT2D eigenvalue weighted by Gasteiger charge is -2.34. The van der Waals surface area contributed by atoms with Gasteiger partial charge >= 0.3 is 0 Å². The number of hydrogen-bond acceptors (Lipinski definition) is 5. The van der Waals surface area contributed by atoms with Crippen LogP contribution in [0.5, 0.6) is 5.75 Å². The van der Waals surface area contributed by atoms with E-state index < -0.39 is 0 Å². The quantitative estimate of drug-likeness (QED) is 0.744. The number of benzene rings is 2. The molecule has 1 amide bonds. The lowest BCUT2D eigenvalue weighted by molar-refractivity contribution is -0.118. The Kier molecular flexibility index (Phi) is 3.93. The monoisotopic (exact) mass is 334 g/mol. The number of amides is 1. The van der Waals surface area contributed by atoms with Crippen LogP contribution in [0.15, 0.2) is 48.5 Å². The third-order valence-electron chi connectivity index (χ3n) is 4.49. The Labute approximate surface area is 145 Å². The summed E-state index contributed by atoms with van der Waals surface area (Å²) in [6.07, 6.45) is 0.892. The molecule has 3 aromatic rings. The van der Waals surface area contributed by atoms with E-state index in [1.165, 1.54) is 0 Å². The van der Waals surface area contributed by atoms with Crippen molar-refractivity contribution in [2.45, 2.75) is 0 Å². The Morgan fingerprint density at radius 3 is 2.40 bits per heavy atom. The Morgan fingerprint density at radius 1 is 0.920 bits per heavy atom. The van der Waals surface area contributed by atoms with Crippen LogP contribution >= 0.6 is 0 Å². The van der Waals surface area contributed by atoms with Gasteiger partial charge in [-0.2, -0.15) is 0 Å². The predicted octanol–water partition coefficient (Wildman–Crippen LogP) is 2.28. The van der Waals surface area contributed by atoms with Crippen LogP contribution in [0.25, 0.3) is 22.3 Å². The van der Waals surface area contributed by atoms with E-state index in [2.05, 4.69) is 9.88 Å². The van der Waals surface area contributed by atoms with Crippen LogP contribution in [0.2, 0.25) is 0 Å². The third kappa shape index (κ3) is 2.87. The summed E-state index contributed by atoms with van der Waals surface area (Å²) in [5, 5.41) is 11.1. The van der Waals surface area contributed by atoms with Gasteiger partial charge in [0.05, 0.1) is 11.1 Å². The van der Waals surface area contributed by atoms with Crippen molar-refractivity contribution < 1.29 is 9.90 Å². The molecule has 1 aliphatic heterocycles. The summed E-state index contributed by atoms with van der Waals surface area (Å²) in [7, 11) is 0. The molecule has 6 nitrogen and oxygen atoms in total. The lowest BCUT2D eigenvalue weighted by atomic mass is 10.1. The first-order valence-electron chi connectivity index (χ1n) is 8.26. The van der Waals surface area contributed by atoms with E-state index in [1.54, 1.807) is 17.0 Å². The number of carbonyl (C=O) groups is 1. The molecule has 1 aromatic heterocycles. The highest BCUT2D eigenvalue weighted by atomic mass is 16.3. The largest absolute Gasteiger partial charge is 0.507 e. The smallest absolute Gasteiger partial charge is 0.209 e. The average Bonchev–Trinajstić information content (AvgIpc) is 2.67. The third-order valence-corrected chi connectivity index (χ3v) is 4.49. The van der Waals surface area contributed by atoms with E-state index in [-0.39, 0.29) is 5.75 Å². The van der Waals surface area contributed by atoms with Gasteiger partial charge in [0.15, 0.2) is 5.82 Å². The second kappa shape index (κ2) is 6.39. The molecule has 0 atom stereocenters. The van der Waals surface area contributed by atoms with E-state index in [1.807, 2.05) is 36.4 Å². The Bertz CT molecular complexity index is 920. The van der Waals surface area contributed by atoms with Crippen molar-refractivity contribution in [2.75, 3.05) is 31.1 Å². The summed E-state index contributed by atoms with van der Waals surface area (Å²) in [5.74, 6) is 1.51. The maximum absolute atomic E-state index is 10.9. The first-order chi connectivity index (χ1) is 12.3. The minimum absolute atomic E-state index is 0.162. The highest BCUT2D eigenvalue weighted by Gasteiger charge is 2.20. The summed E-state index contributed by atoms with van der Waals surface area (Å²) < 4.78 is 0. The molecule has 1 aliphatic rings. The van der Waals surface area contributed by atoms with Crippen LogP contribution in [0.3, 0.4) is 0 Å². The van der Waals surface area contributed by atoms with Crippen molar-refractivity contribution in [3.8, 4) is 17.1 Å². The number of rotatable bonds is 3. The summed E-state index contributed by atoms with van der Waals surface area (Å²) in [5.41, 5.74) is 1.45. The highest BCUT2D eigenvalue weighted by Crippen LogP contribution is 2.31. The van der Waals surface area contributed by atoms with Crippen molar-refractivity contribution in [3.63, 3.8) is 0 Å². The van der Waals surface area contributed by atoms with Gasteiger partial charge in [0.1, 0.15) is 11.6 Å². The number of para-hydroxylation sites is 2. The molecule has 0 unspecified atom stereocenters. The molecular formula is C19H18N4O2. The number of anilines is 1. The fourth-order valence-electron chi connectivity index (χ4n) is 3.12. The summed E-state index contributed by atoms with van der Waals surface area (Å²) in [6, 6.07) is 14.9. The standard InChI is InChI=1S/C19H18N4O2/c24-13-22-9-11-23(12-10-22)19-14-5-1-3-7-16(14)20-18(21-19)15-6-2-4-8-17(15)25/h1-8,13,25H,9-12H2. The van der Waals surface area contributed by atoms with Crippen LogP contribution in [-0.2, 0) is 4.79 Å². The molecule has 0 aliphatic carbocycles. The van der Waals surface area contributed by atoms with Gasteiger partial charge < -0.3 is 14.9 Å². The maximum atomic E-state index is 10.9. The molecule has 0 radical (unpaired) electrons. The minimum Gasteiger partial charge on any atom is -0.507 e. The topological polar surface area (TPSA) is 69.6 Å². The second-order valence-corrected chi connectivity index (χ2v) is 6.03. The van der Waals surface area contributed by atoms with Crippen LogP contribution in [0.1, 0.15) is 0 Å². The lowest BCUT2D eigenvalue weighted by Crippen LogP contribution is -2.46. The highest BCUT2D eigenvalue weighted by molar-refractivity contribution is 5.91. The molecule has 2 aromatic carbocycles. The van der Waals surface area contributed by atoms with Gasteiger partial charge in [0.25, 0.3) is 0 Å². The predicted molar refractivity (Wildman–Crippen MR) is 96.5 cm³/mol. The van der Waals surface area contributed by atoms with Gasteiger partial charge in [0, 0.05) is 31.6 Å². The molecule has 1 saturated heterocycles. The molecule has 6 heteroatoms. The molecule has 0 bridgehead atoms. The first-order valence-corrected chi connectivity index (χ1v) is 8.26. The fourth-order valence-corrected chi connectivity index (χ4v) is 3.12. The van der Waals surface area contributed by atoms with Crippen LogP contribution in [-0.4, -0.2) is 52.6 Å². The van der Waals surface area contributed by atoms with Crippen molar-refractivity contribution in [1.82, 2.24) is 14.9 Å². The molecule has 126 valence electrons.